The van der Waals surface area contributed by atoms with Crippen molar-refractivity contribution in [2.45, 2.75) is 46.1 Å². The van der Waals surface area contributed by atoms with E-state index in [4.69, 9.17) is 0 Å². The SMILES string of the molecule is CCc1ccc([C@@H](NC(=O)CCc2nc3ccccc3[nH]2)C(C)C)cc1. The summed E-state index contributed by atoms with van der Waals surface area (Å²) in [7, 11) is 0. The van der Waals surface area contributed by atoms with Gasteiger partial charge >= 0.3 is 0 Å². The van der Waals surface area contributed by atoms with Gasteiger partial charge in [-0.1, -0.05) is 57.2 Å². The number of para-hydroxylation sites is 2. The van der Waals surface area contributed by atoms with Crippen LogP contribution in [0.5, 0.6) is 0 Å². The zero-order chi connectivity index (χ0) is 18.5. The molecule has 0 bridgehead atoms. The Morgan fingerprint density at radius 1 is 1.12 bits per heavy atom. The predicted octanol–water partition coefficient (Wildman–Crippen LogP) is 4.57. The van der Waals surface area contributed by atoms with E-state index in [2.05, 4.69) is 60.3 Å². The summed E-state index contributed by atoms with van der Waals surface area (Å²) in [6.45, 7) is 6.42. The van der Waals surface area contributed by atoms with Crippen LogP contribution in [0.25, 0.3) is 11.0 Å². The lowest BCUT2D eigenvalue weighted by molar-refractivity contribution is -0.122. The van der Waals surface area contributed by atoms with E-state index in [1.807, 2.05) is 24.3 Å². The summed E-state index contributed by atoms with van der Waals surface area (Å²) in [5, 5.41) is 3.19. The van der Waals surface area contributed by atoms with E-state index in [1.54, 1.807) is 0 Å². The number of imidazole rings is 1. The second-order valence-corrected chi connectivity index (χ2v) is 7.08. The van der Waals surface area contributed by atoms with Crippen LogP contribution in [0.4, 0.5) is 0 Å². The third-order valence-electron chi connectivity index (χ3n) is 4.76. The Kier molecular flexibility index (Phi) is 5.71. The van der Waals surface area contributed by atoms with E-state index >= 15 is 0 Å². The van der Waals surface area contributed by atoms with E-state index in [9.17, 15) is 4.79 Å². The zero-order valence-corrected chi connectivity index (χ0v) is 15.8. The molecule has 1 amide bonds. The number of carbonyl (C=O) groups is 1. The van der Waals surface area contributed by atoms with Gasteiger partial charge in [0, 0.05) is 12.8 Å². The molecule has 0 aliphatic rings. The molecule has 0 radical (unpaired) electrons. The standard InChI is InChI=1S/C22H27N3O/c1-4-16-9-11-17(12-10-16)22(15(2)3)25-21(26)14-13-20-23-18-7-5-6-8-19(18)24-20/h5-12,15,22H,4,13-14H2,1-3H3,(H,23,24)(H,25,26)/t22-/m0/s1. The molecule has 26 heavy (non-hydrogen) atoms. The predicted molar refractivity (Wildman–Crippen MR) is 106 cm³/mol. The van der Waals surface area contributed by atoms with Crippen LogP contribution in [0.3, 0.4) is 0 Å². The number of H-pyrrole nitrogens is 1. The molecular formula is C22H27N3O. The van der Waals surface area contributed by atoms with Gasteiger partial charge in [-0.25, -0.2) is 4.98 Å². The fraction of sp³-hybridized carbons (Fsp3) is 0.364. The lowest BCUT2D eigenvalue weighted by atomic mass is 9.94. The highest BCUT2D eigenvalue weighted by molar-refractivity contribution is 5.77. The van der Waals surface area contributed by atoms with Crippen LogP contribution < -0.4 is 5.32 Å². The number of aryl methyl sites for hydroxylation is 2. The second kappa shape index (κ2) is 8.17. The van der Waals surface area contributed by atoms with Crippen molar-refractivity contribution in [3.63, 3.8) is 0 Å². The number of fused-ring (bicyclic) bond motifs is 1. The number of nitrogens with one attached hydrogen (secondary N) is 2. The molecule has 1 atom stereocenters. The molecule has 0 fully saturated rings. The van der Waals surface area contributed by atoms with E-state index in [0.717, 1.165) is 28.8 Å². The van der Waals surface area contributed by atoms with Gasteiger partial charge in [-0.05, 0) is 35.6 Å². The van der Waals surface area contributed by atoms with E-state index < -0.39 is 0 Å². The molecule has 3 rings (SSSR count). The third-order valence-corrected chi connectivity index (χ3v) is 4.76. The van der Waals surface area contributed by atoms with Crippen molar-refractivity contribution >= 4 is 16.9 Å². The van der Waals surface area contributed by atoms with Crippen molar-refractivity contribution in [2.75, 3.05) is 0 Å². The van der Waals surface area contributed by atoms with Crippen molar-refractivity contribution in [1.82, 2.24) is 15.3 Å². The first kappa shape index (κ1) is 18.2. The fourth-order valence-corrected chi connectivity index (χ4v) is 3.20. The summed E-state index contributed by atoms with van der Waals surface area (Å²) in [6.07, 6.45) is 2.06. The van der Waals surface area contributed by atoms with E-state index in [0.29, 0.717) is 18.8 Å². The van der Waals surface area contributed by atoms with Crippen LogP contribution in [-0.4, -0.2) is 15.9 Å². The van der Waals surface area contributed by atoms with Crippen molar-refractivity contribution < 1.29 is 4.79 Å². The first-order valence-corrected chi connectivity index (χ1v) is 9.38. The van der Waals surface area contributed by atoms with Crippen molar-refractivity contribution in [2.24, 2.45) is 5.92 Å². The van der Waals surface area contributed by atoms with Crippen LogP contribution in [0, 0.1) is 5.92 Å². The summed E-state index contributed by atoms with van der Waals surface area (Å²) in [5.41, 5.74) is 4.43. The summed E-state index contributed by atoms with van der Waals surface area (Å²) >= 11 is 0. The van der Waals surface area contributed by atoms with Gasteiger partial charge in [-0.2, -0.15) is 0 Å². The summed E-state index contributed by atoms with van der Waals surface area (Å²) in [4.78, 5) is 20.3. The maximum Gasteiger partial charge on any atom is 0.220 e. The number of nitrogens with zero attached hydrogens (tertiary/aromatic N) is 1. The Morgan fingerprint density at radius 3 is 2.50 bits per heavy atom. The molecule has 0 spiro atoms. The molecule has 4 heteroatoms. The first-order valence-electron chi connectivity index (χ1n) is 9.38. The molecule has 0 saturated heterocycles. The highest BCUT2D eigenvalue weighted by Gasteiger charge is 2.18. The largest absolute Gasteiger partial charge is 0.349 e. The highest BCUT2D eigenvalue weighted by atomic mass is 16.1. The molecule has 2 N–H and O–H groups in total. The minimum Gasteiger partial charge on any atom is -0.349 e. The van der Waals surface area contributed by atoms with Gasteiger partial charge < -0.3 is 10.3 Å². The maximum absolute atomic E-state index is 12.5. The van der Waals surface area contributed by atoms with Crippen molar-refractivity contribution in [3.05, 3.63) is 65.5 Å². The number of hydrogen-bond acceptors (Lipinski definition) is 2. The quantitative estimate of drug-likeness (QED) is 0.656. The van der Waals surface area contributed by atoms with Gasteiger partial charge in [0.25, 0.3) is 0 Å². The Balaban J connectivity index is 1.62. The zero-order valence-electron chi connectivity index (χ0n) is 15.8. The number of aromatic nitrogens is 2. The highest BCUT2D eigenvalue weighted by Crippen LogP contribution is 2.22. The van der Waals surface area contributed by atoms with Gasteiger partial charge in [0.05, 0.1) is 17.1 Å². The fourth-order valence-electron chi connectivity index (χ4n) is 3.20. The van der Waals surface area contributed by atoms with Crippen LogP contribution in [-0.2, 0) is 17.6 Å². The van der Waals surface area contributed by atoms with Gasteiger partial charge in [0.2, 0.25) is 5.91 Å². The maximum atomic E-state index is 12.5. The Labute approximate surface area is 155 Å². The van der Waals surface area contributed by atoms with Crippen LogP contribution in [0.1, 0.15) is 50.2 Å². The molecule has 0 aliphatic carbocycles. The minimum atomic E-state index is 0.0316. The number of amides is 1. The molecule has 3 aromatic rings. The molecule has 136 valence electrons. The van der Waals surface area contributed by atoms with E-state index in [-0.39, 0.29) is 11.9 Å². The number of benzene rings is 2. The molecule has 0 aliphatic heterocycles. The van der Waals surface area contributed by atoms with Crippen LogP contribution in [0.2, 0.25) is 0 Å². The molecule has 0 saturated carbocycles. The lowest BCUT2D eigenvalue weighted by Crippen LogP contribution is -2.32. The first-order chi connectivity index (χ1) is 12.6. The molecular weight excluding hydrogens is 322 g/mol. The van der Waals surface area contributed by atoms with Gasteiger partial charge in [0.15, 0.2) is 0 Å². The molecule has 4 nitrogen and oxygen atoms in total. The number of hydrogen-bond donors (Lipinski definition) is 2. The topological polar surface area (TPSA) is 57.8 Å². The minimum absolute atomic E-state index is 0.0316. The molecule has 0 unspecified atom stereocenters. The molecule has 2 aromatic carbocycles. The van der Waals surface area contributed by atoms with Crippen molar-refractivity contribution in [3.8, 4) is 0 Å². The number of aromatic amines is 1. The van der Waals surface area contributed by atoms with Gasteiger partial charge in [-0.3, -0.25) is 4.79 Å². The average Bonchev–Trinajstić information content (AvgIpc) is 3.07. The normalized spacial score (nSPS) is 12.5. The lowest BCUT2D eigenvalue weighted by Gasteiger charge is -2.23. The monoisotopic (exact) mass is 349 g/mol. The van der Waals surface area contributed by atoms with Crippen LogP contribution >= 0.6 is 0 Å². The summed E-state index contributed by atoms with van der Waals surface area (Å²) < 4.78 is 0. The van der Waals surface area contributed by atoms with Gasteiger partial charge in [0.1, 0.15) is 5.82 Å². The molecule has 1 aromatic heterocycles. The third kappa shape index (κ3) is 4.31. The number of rotatable bonds is 7. The Hall–Kier alpha value is -2.62. The van der Waals surface area contributed by atoms with Crippen LogP contribution in [0.15, 0.2) is 48.5 Å². The Morgan fingerprint density at radius 2 is 1.85 bits per heavy atom. The Bertz CT molecular complexity index is 831. The summed E-state index contributed by atoms with van der Waals surface area (Å²) in [6, 6.07) is 16.5. The summed E-state index contributed by atoms with van der Waals surface area (Å²) in [5.74, 6) is 1.25. The molecule has 1 heterocycles. The van der Waals surface area contributed by atoms with Gasteiger partial charge in [-0.15, -0.1) is 0 Å². The van der Waals surface area contributed by atoms with Crippen molar-refractivity contribution in [1.29, 1.82) is 0 Å². The van der Waals surface area contributed by atoms with E-state index in [1.165, 1.54) is 5.56 Å². The second-order valence-electron chi connectivity index (χ2n) is 7.08. The number of carbonyl (C=O) groups excluding carboxylic acids is 1. The smallest absolute Gasteiger partial charge is 0.220 e. The average molecular weight is 349 g/mol.